The van der Waals surface area contributed by atoms with Crippen LogP contribution in [0.4, 0.5) is 0 Å². The van der Waals surface area contributed by atoms with Gasteiger partial charge in [0, 0.05) is 6.54 Å². The largest absolute Gasteiger partial charge is 0.363 e. The Labute approximate surface area is 141 Å². The van der Waals surface area contributed by atoms with Gasteiger partial charge < -0.3 is 15.4 Å². The van der Waals surface area contributed by atoms with Crippen molar-refractivity contribution in [2.75, 3.05) is 6.61 Å². The van der Waals surface area contributed by atoms with Crippen LogP contribution in [-0.4, -0.2) is 30.6 Å². The van der Waals surface area contributed by atoms with E-state index < -0.39 is 6.04 Å². The zero-order valence-electron chi connectivity index (χ0n) is 13.7. The van der Waals surface area contributed by atoms with Crippen LogP contribution < -0.4 is 10.6 Å². The molecule has 0 spiro atoms. The van der Waals surface area contributed by atoms with Gasteiger partial charge in [-0.05, 0) is 28.8 Å². The normalized spacial score (nSPS) is 17.3. The summed E-state index contributed by atoms with van der Waals surface area (Å²) in [6, 6.07) is 13.7. The molecule has 0 radical (unpaired) electrons. The third-order valence-corrected chi connectivity index (χ3v) is 4.12. The molecule has 0 saturated carbocycles. The number of rotatable bonds is 7. The molecule has 1 saturated heterocycles. The van der Waals surface area contributed by atoms with Crippen molar-refractivity contribution >= 4 is 22.6 Å². The summed E-state index contributed by atoms with van der Waals surface area (Å²) in [5.74, 6) is -0.353. The van der Waals surface area contributed by atoms with Crippen LogP contribution in [0.15, 0.2) is 42.5 Å². The molecule has 0 unspecified atom stereocenters. The lowest BCUT2D eigenvalue weighted by Crippen LogP contribution is -2.47. The number of ether oxygens (including phenoxy) is 1. The van der Waals surface area contributed by atoms with E-state index in [1.807, 2.05) is 31.2 Å². The van der Waals surface area contributed by atoms with Crippen LogP contribution in [0.2, 0.25) is 0 Å². The minimum atomic E-state index is -0.507. The van der Waals surface area contributed by atoms with Gasteiger partial charge in [0.1, 0.15) is 6.04 Å². The van der Waals surface area contributed by atoms with Crippen molar-refractivity contribution in [3.63, 3.8) is 0 Å². The molecule has 2 N–H and O–H groups in total. The summed E-state index contributed by atoms with van der Waals surface area (Å²) in [5, 5.41) is 8.01. The van der Waals surface area contributed by atoms with Gasteiger partial charge in [-0.25, -0.2) is 0 Å². The number of carbonyl (C=O) groups excluding carboxylic acids is 2. The number of epoxide rings is 1. The van der Waals surface area contributed by atoms with Gasteiger partial charge in [-0.2, -0.15) is 0 Å². The highest BCUT2D eigenvalue weighted by Gasteiger charge is 2.33. The van der Waals surface area contributed by atoms with E-state index in [1.165, 1.54) is 5.39 Å². The molecule has 1 fully saturated rings. The molecule has 0 bridgehead atoms. The molecule has 2 aromatic rings. The van der Waals surface area contributed by atoms with Crippen LogP contribution in [0.25, 0.3) is 10.8 Å². The Kier molecular flexibility index (Phi) is 5.11. The SMILES string of the molecule is CCC[C@H](NC(=O)[C@@H]1CO1)C(=O)NCc1ccc2ccccc2c1. The van der Waals surface area contributed by atoms with Crippen LogP contribution in [0, 0.1) is 0 Å². The van der Waals surface area contributed by atoms with Gasteiger partial charge in [-0.3, -0.25) is 9.59 Å². The third-order valence-electron chi connectivity index (χ3n) is 4.12. The number of nitrogens with one attached hydrogen (secondary N) is 2. The van der Waals surface area contributed by atoms with Crippen molar-refractivity contribution in [1.82, 2.24) is 10.6 Å². The van der Waals surface area contributed by atoms with E-state index in [4.69, 9.17) is 4.74 Å². The maximum atomic E-state index is 12.4. The molecule has 2 atom stereocenters. The number of fused-ring (bicyclic) bond motifs is 1. The Morgan fingerprint density at radius 3 is 2.67 bits per heavy atom. The first-order chi connectivity index (χ1) is 11.7. The molecule has 1 heterocycles. The van der Waals surface area contributed by atoms with Gasteiger partial charge >= 0.3 is 0 Å². The highest BCUT2D eigenvalue weighted by molar-refractivity contribution is 5.90. The van der Waals surface area contributed by atoms with Crippen LogP contribution in [0.1, 0.15) is 25.3 Å². The van der Waals surface area contributed by atoms with Crippen molar-refractivity contribution in [1.29, 1.82) is 0 Å². The van der Waals surface area contributed by atoms with E-state index in [0.717, 1.165) is 17.4 Å². The Morgan fingerprint density at radius 1 is 1.21 bits per heavy atom. The van der Waals surface area contributed by atoms with E-state index in [9.17, 15) is 9.59 Å². The van der Waals surface area contributed by atoms with Gasteiger partial charge in [0.2, 0.25) is 5.91 Å². The average molecular weight is 326 g/mol. The van der Waals surface area contributed by atoms with Crippen LogP contribution >= 0.6 is 0 Å². The monoisotopic (exact) mass is 326 g/mol. The highest BCUT2D eigenvalue weighted by atomic mass is 16.6. The van der Waals surface area contributed by atoms with Gasteiger partial charge in [0.05, 0.1) is 6.61 Å². The molecular formula is C19H22N2O3. The lowest BCUT2D eigenvalue weighted by Gasteiger charge is -2.17. The highest BCUT2D eigenvalue weighted by Crippen LogP contribution is 2.15. The van der Waals surface area contributed by atoms with E-state index >= 15 is 0 Å². The number of benzene rings is 2. The third kappa shape index (κ3) is 4.11. The van der Waals surface area contributed by atoms with E-state index in [-0.39, 0.29) is 17.9 Å². The fourth-order valence-electron chi connectivity index (χ4n) is 2.68. The first-order valence-electron chi connectivity index (χ1n) is 8.34. The topological polar surface area (TPSA) is 70.7 Å². The molecule has 5 nitrogen and oxygen atoms in total. The minimum absolute atomic E-state index is 0.154. The molecule has 126 valence electrons. The van der Waals surface area contributed by atoms with Gasteiger partial charge in [-0.15, -0.1) is 0 Å². The Bertz CT molecular complexity index is 740. The van der Waals surface area contributed by atoms with Crippen molar-refractivity contribution in [2.24, 2.45) is 0 Å². The summed E-state index contributed by atoms with van der Waals surface area (Å²) in [4.78, 5) is 24.2. The molecular weight excluding hydrogens is 304 g/mol. The van der Waals surface area contributed by atoms with Crippen molar-refractivity contribution in [3.05, 3.63) is 48.0 Å². The fourth-order valence-corrected chi connectivity index (χ4v) is 2.68. The summed E-state index contributed by atoms with van der Waals surface area (Å²) in [5.41, 5.74) is 1.04. The fraction of sp³-hybridized carbons (Fsp3) is 0.368. The second-order valence-corrected chi connectivity index (χ2v) is 6.07. The molecule has 24 heavy (non-hydrogen) atoms. The molecule has 3 rings (SSSR count). The number of hydrogen-bond donors (Lipinski definition) is 2. The molecule has 0 aliphatic carbocycles. The predicted molar refractivity (Wildman–Crippen MR) is 92.4 cm³/mol. The van der Waals surface area contributed by atoms with Crippen LogP contribution in [-0.2, 0) is 20.9 Å². The zero-order valence-corrected chi connectivity index (χ0v) is 13.7. The van der Waals surface area contributed by atoms with Crippen molar-refractivity contribution < 1.29 is 14.3 Å². The predicted octanol–water partition coefficient (Wildman–Crippen LogP) is 2.14. The summed E-state index contributed by atoms with van der Waals surface area (Å²) in [7, 11) is 0. The Hall–Kier alpha value is -2.40. The smallest absolute Gasteiger partial charge is 0.252 e. The average Bonchev–Trinajstić information content (AvgIpc) is 3.44. The Morgan fingerprint density at radius 2 is 1.96 bits per heavy atom. The van der Waals surface area contributed by atoms with Crippen molar-refractivity contribution in [3.8, 4) is 0 Å². The second kappa shape index (κ2) is 7.45. The molecule has 0 aromatic heterocycles. The minimum Gasteiger partial charge on any atom is -0.363 e. The molecule has 5 heteroatoms. The maximum Gasteiger partial charge on any atom is 0.252 e. The summed E-state index contributed by atoms with van der Waals surface area (Å²) in [6.07, 6.45) is 1.06. The molecule has 1 aliphatic heterocycles. The second-order valence-electron chi connectivity index (χ2n) is 6.07. The van der Waals surface area contributed by atoms with Gasteiger partial charge in [-0.1, -0.05) is 49.7 Å². The van der Waals surface area contributed by atoms with E-state index in [0.29, 0.717) is 19.6 Å². The summed E-state index contributed by atoms with van der Waals surface area (Å²) < 4.78 is 4.96. The zero-order chi connectivity index (χ0) is 16.9. The first kappa shape index (κ1) is 16.5. The quantitative estimate of drug-likeness (QED) is 0.766. The van der Waals surface area contributed by atoms with Crippen LogP contribution in [0.5, 0.6) is 0 Å². The van der Waals surface area contributed by atoms with Gasteiger partial charge in [0.25, 0.3) is 5.91 Å². The lowest BCUT2D eigenvalue weighted by atomic mass is 10.1. The maximum absolute atomic E-state index is 12.4. The Balaban J connectivity index is 1.59. The summed E-state index contributed by atoms with van der Waals surface area (Å²) in [6.45, 7) is 2.88. The van der Waals surface area contributed by atoms with Crippen molar-refractivity contribution in [2.45, 2.75) is 38.5 Å². The van der Waals surface area contributed by atoms with E-state index in [1.54, 1.807) is 0 Å². The number of hydrogen-bond acceptors (Lipinski definition) is 3. The van der Waals surface area contributed by atoms with Crippen LogP contribution in [0.3, 0.4) is 0 Å². The number of carbonyl (C=O) groups is 2. The lowest BCUT2D eigenvalue weighted by molar-refractivity contribution is -0.129. The first-order valence-corrected chi connectivity index (χ1v) is 8.34. The van der Waals surface area contributed by atoms with E-state index in [2.05, 4.69) is 28.8 Å². The molecule has 1 aliphatic rings. The molecule has 2 aromatic carbocycles. The number of amides is 2. The molecule has 2 amide bonds. The summed E-state index contributed by atoms with van der Waals surface area (Å²) >= 11 is 0. The standard InChI is InChI=1S/C19H22N2O3/c1-2-5-16(21-19(23)17-12-24-17)18(22)20-11-13-8-9-14-6-3-4-7-15(14)10-13/h3-4,6-10,16-17H,2,5,11-12H2,1H3,(H,20,22)(H,21,23)/t16-,17-/m0/s1. The van der Waals surface area contributed by atoms with Gasteiger partial charge in [0.15, 0.2) is 6.10 Å².